The van der Waals surface area contributed by atoms with Gasteiger partial charge in [0.2, 0.25) is 0 Å². The van der Waals surface area contributed by atoms with Gasteiger partial charge in [0.1, 0.15) is 23.3 Å². The van der Waals surface area contributed by atoms with E-state index >= 15 is 0 Å². The van der Waals surface area contributed by atoms with Crippen LogP contribution in [0.2, 0.25) is 5.15 Å². The first-order chi connectivity index (χ1) is 10.1. The molecule has 1 amide bonds. The zero-order valence-electron chi connectivity index (χ0n) is 11.1. The molecule has 2 atom stereocenters. The predicted molar refractivity (Wildman–Crippen MR) is 75.1 cm³/mol. The average Bonchev–Trinajstić information content (AvgIpc) is 2.85. The molecule has 0 aromatic carbocycles. The third-order valence-corrected chi connectivity index (χ3v) is 4.19. The first-order valence-corrected chi connectivity index (χ1v) is 7.01. The van der Waals surface area contributed by atoms with Gasteiger partial charge in [0.05, 0.1) is 11.9 Å². The van der Waals surface area contributed by atoms with Crippen molar-refractivity contribution in [3.05, 3.63) is 23.7 Å². The SMILES string of the molecule is O=C(O)N1CC[C@H](Cn2ccc3c(Cl)ncnc32)[C@@H](F)C1. The summed E-state index contributed by atoms with van der Waals surface area (Å²) in [5, 5.41) is 10.00. The Morgan fingerprint density at radius 3 is 3.05 bits per heavy atom. The number of carbonyl (C=O) groups is 1. The van der Waals surface area contributed by atoms with E-state index in [1.54, 1.807) is 6.07 Å². The molecule has 3 rings (SSSR count). The van der Waals surface area contributed by atoms with Gasteiger partial charge in [-0.2, -0.15) is 0 Å². The average molecular weight is 313 g/mol. The van der Waals surface area contributed by atoms with E-state index in [9.17, 15) is 9.18 Å². The van der Waals surface area contributed by atoms with Crippen molar-refractivity contribution in [2.75, 3.05) is 13.1 Å². The molecule has 1 N–H and O–H groups in total. The highest BCUT2D eigenvalue weighted by molar-refractivity contribution is 6.33. The van der Waals surface area contributed by atoms with Gasteiger partial charge in [-0.25, -0.2) is 19.2 Å². The minimum absolute atomic E-state index is 0.0745. The summed E-state index contributed by atoms with van der Waals surface area (Å²) >= 11 is 5.99. The lowest BCUT2D eigenvalue weighted by Crippen LogP contribution is -2.45. The van der Waals surface area contributed by atoms with Crippen molar-refractivity contribution in [2.45, 2.75) is 19.1 Å². The van der Waals surface area contributed by atoms with E-state index in [-0.39, 0.29) is 12.5 Å². The fraction of sp³-hybridized carbons (Fsp3) is 0.462. The molecule has 112 valence electrons. The highest BCUT2D eigenvalue weighted by atomic mass is 35.5. The number of hydrogen-bond acceptors (Lipinski definition) is 3. The first kappa shape index (κ1) is 14.1. The highest BCUT2D eigenvalue weighted by Gasteiger charge is 2.31. The van der Waals surface area contributed by atoms with Crippen LogP contribution in [-0.2, 0) is 6.54 Å². The van der Waals surface area contributed by atoms with Crippen LogP contribution in [-0.4, -0.2) is 49.9 Å². The molecule has 0 spiro atoms. The number of nitrogens with zero attached hydrogens (tertiary/aromatic N) is 4. The van der Waals surface area contributed by atoms with Crippen molar-refractivity contribution in [3.8, 4) is 0 Å². The van der Waals surface area contributed by atoms with Gasteiger partial charge in [0, 0.05) is 25.2 Å². The molecule has 0 unspecified atom stereocenters. The number of rotatable bonds is 2. The Hall–Kier alpha value is -1.89. The summed E-state index contributed by atoms with van der Waals surface area (Å²) in [6, 6.07) is 1.80. The number of halogens is 2. The van der Waals surface area contributed by atoms with Crippen molar-refractivity contribution in [1.29, 1.82) is 0 Å². The summed E-state index contributed by atoms with van der Waals surface area (Å²) in [6.45, 7) is 0.732. The number of carboxylic acid groups (broad SMARTS) is 1. The van der Waals surface area contributed by atoms with E-state index in [1.165, 1.54) is 6.33 Å². The maximum absolute atomic E-state index is 14.2. The fourth-order valence-corrected chi connectivity index (χ4v) is 2.90. The minimum atomic E-state index is -1.18. The Kier molecular flexibility index (Phi) is 3.67. The molecule has 0 saturated carbocycles. The molecule has 1 fully saturated rings. The van der Waals surface area contributed by atoms with E-state index in [4.69, 9.17) is 16.7 Å². The van der Waals surface area contributed by atoms with Gasteiger partial charge < -0.3 is 14.6 Å². The van der Waals surface area contributed by atoms with Gasteiger partial charge in [0.15, 0.2) is 0 Å². The summed E-state index contributed by atoms with van der Waals surface area (Å²) in [5.74, 6) is -0.232. The van der Waals surface area contributed by atoms with E-state index in [0.717, 1.165) is 10.3 Å². The molecule has 1 aliphatic rings. The van der Waals surface area contributed by atoms with Crippen LogP contribution in [0.3, 0.4) is 0 Å². The zero-order valence-corrected chi connectivity index (χ0v) is 11.9. The second-order valence-electron chi connectivity index (χ2n) is 5.16. The van der Waals surface area contributed by atoms with Gasteiger partial charge in [-0.15, -0.1) is 0 Å². The van der Waals surface area contributed by atoms with E-state index in [2.05, 4.69) is 9.97 Å². The zero-order chi connectivity index (χ0) is 15.0. The molecule has 2 aromatic rings. The van der Waals surface area contributed by atoms with Crippen LogP contribution in [0.15, 0.2) is 18.6 Å². The molecule has 0 aliphatic carbocycles. The molecular weight excluding hydrogens is 299 g/mol. The number of aromatic nitrogens is 3. The number of fused-ring (bicyclic) bond motifs is 1. The Labute approximate surface area is 125 Å². The summed E-state index contributed by atoms with van der Waals surface area (Å²) in [4.78, 5) is 20.1. The van der Waals surface area contributed by atoms with E-state index in [0.29, 0.717) is 30.3 Å². The molecule has 8 heteroatoms. The van der Waals surface area contributed by atoms with Gasteiger partial charge in [-0.3, -0.25) is 0 Å². The van der Waals surface area contributed by atoms with Crippen LogP contribution < -0.4 is 0 Å². The van der Waals surface area contributed by atoms with E-state index < -0.39 is 12.3 Å². The third kappa shape index (κ3) is 2.65. The lowest BCUT2D eigenvalue weighted by Gasteiger charge is -2.33. The second kappa shape index (κ2) is 5.48. The normalized spacial score (nSPS) is 22.7. The quantitative estimate of drug-likeness (QED) is 0.865. The highest BCUT2D eigenvalue weighted by Crippen LogP contribution is 2.26. The summed E-state index contributed by atoms with van der Waals surface area (Å²) in [5.41, 5.74) is 0.669. The Bertz CT molecular complexity index is 677. The Morgan fingerprint density at radius 1 is 1.52 bits per heavy atom. The molecule has 0 radical (unpaired) electrons. The van der Waals surface area contributed by atoms with Crippen LogP contribution in [0, 0.1) is 5.92 Å². The summed E-state index contributed by atoms with van der Waals surface area (Å²) in [6.07, 6.45) is 1.43. The molecule has 1 aliphatic heterocycles. The standard InChI is InChI=1S/C13H14ClFN4O2/c14-11-9-2-4-18(12(9)17-7-16-11)5-8-1-3-19(13(20)21)6-10(8)15/h2,4,7-8,10H,1,3,5-6H2,(H,20,21)/t8-,10+/m1/s1. The fourth-order valence-electron chi connectivity index (χ4n) is 2.71. The van der Waals surface area contributed by atoms with Crippen LogP contribution >= 0.6 is 11.6 Å². The maximum Gasteiger partial charge on any atom is 0.407 e. The number of piperidine rings is 1. The Morgan fingerprint density at radius 2 is 2.33 bits per heavy atom. The van der Waals surface area contributed by atoms with Gasteiger partial charge >= 0.3 is 6.09 Å². The van der Waals surface area contributed by atoms with Gasteiger partial charge in [-0.1, -0.05) is 11.6 Å². The van der Waals surface area contributed by atoms with Crippen molar-refractivity contribution >= 4 is 28.7 Å². The second-order valence-corrected chi connectivity index (χ2v) is 5.52. The number of amides is 1. The van der Waals surface area contributed by atoms with Crippen LogP contribution in [0.25, 0.3) is 11.0 Å². The molecular formula is C13H14ClFN4O2. The summed E-state index contributed by atoms with van der Waals surface area (Å²) < 4.78 is 16.0. The predicted octanol–water partition coefficient (Wildman–Crippen LogP) is 2.42. The molecule has 21 heavy (non-hydrogen) atoms. The van der Waals surface area contributed by atoms with E-state index in [1.807, 2.05) is 10.8 Å². The monoisotopic (exact) mass is 312 g/mol. The largest absolute Gasteiger partial charge is 0.465 e. The van der Waals surface area contributed by atoms with Crippen molar-refractivity contribution in [3.63, 3.8) is 0 Å². The molecule has 0 bridgehead atoms. The topological polar surface area (TPSA) is 71.2 Å². The smallest absolute Gasteiger partial charge is 0.407 e. The first-order valence-electron chi connectivity index (χ1n) is 6.63. The van der Waals surface area contributed by atoms with Crippen molar-refractivity contribution in [1.82, 2.24) is 19.4 Å². The molecule has 2 aromatic heterocycles. The number of alkyl halides is 1. The van der Waals surface area contributed by atoms with Crippen LogP contribution in [0.5, 0.6) is 0 Å². The van der Waals surface area contributed by atoms with Crippen molar-refractivity contribution in [2.24, 2.45) is 5.92 Å². The lowest BCUT2D eigenvalue weighted by atomic mass is 9.95. The number of likely N-dealkylation sites (tertiary alicyclic amines) is 1. The molecule has 3 heterocycles. The molecule has 6 nitrogen and oxygen atoms in total. The van der Waals surface area contributed by atoms with Crippen molar-refractivity contribution < 1.29 is 14.3 Å². The lowest BCUT2D eigenvalue weighted by molar-refractivity contribution is 0.0701. The Balaban J connectivity index is 1.77. The van der Waals surface area contributed by atoms with Gasteiger partial charge in [-0.05, 0) is 12.5 Å². The summed E-state index contributed by atoms with van der Waals surface area (Å²) in [7, 11) is 0. The minimum Gasteiger partial charge on any atom is -0.465 e. The van der Waals surface area contributed by atoms with Gasteiger partial charge in [0.25, 0.3) is 0 Å². The number of hydrogen-bond donors (Lipinski definition) is 1. The van der Waals surface area contributed by atoms with Crippen LogP contribution in [0.4, 0.5) is 9.18 Å². The van der Waals surface area contributed by atoms with Crippen LogP contribution in [0.1, 0.15) is 6.42 Å². The third-order valence-electron chi connectivity index (χ3n) is 3.89. The molecule has 1 saturated heterocycles. The maximum atomic E-state index is 14.2.